The van der Waals surface area contributed by atoms with Gasteiger partial charge in [-0.1, -0.05) is 127 Å². The molecule has 0 bridgehead atoms. The van der Waals surface area contributed by atoms with Gasteiger partial charge in [-0.15, -0.1) is 11.3 Å². The number of hydrogen-bond donors (Lipinski definition) is 0. The fraction of sp³-hybridized carbons (Fsp3) is 0. The number of benzene rings is 7. The molecule has 212 valence electrons. The molecule has 0 atom stereocenters. The number of nitrogens with zero attached hydrogens (tertiary/aromatic N) is 1. The van der Waals surface area contributed by atoms with Crippen molar-refractivity contribution < 1.29 is 4.42 Å². The highest BCUT2D eigenvalue weighted by molar-refractivity contribution is 7.26. The number of hydrogen-bond acceptors (Lipinski definition) is 3. The van der Waals surface area contributed by atoms with Crippen molar-refractivity contribution in [2.75, 3.05) is 4.90 Å². The molecular formula is C42H27NOS. The van der Waals surface area contributed by atoms with Gasteiger partial charge in [-0.05, 0) is 58.7 Å². The van der Waals surface area contributed by atoms with Crippen LogP contribution in [0.4, 0.5) is 17.1 Å². The first-order chi connectivity index (χ1) is 22.3. The maximum Gasteiger partial charge on any atom is 0.159 e. The van der Waals surface area contributed by atoms with Crippen LogP contribution in [0.3, 0.4) is 0 Å². The molecule has 2 heterocycles. The Morgan fingerprint density at radius 1 is 0.467 bits per heavy atom. The Bertz CT molecular complexity index is 2490. The normalized spacial score (nSPS) is 11.6. The van der Waals surface area contributed by atoms with Crippen LogP contribution in [-0.2, 0) is 0 Å². The molecule has 2 nitrogen and oxygen atoms in total. The molecule has 3 heteroatoms. The first kappa shape index (κ1) is 25.8. The first-order valence-electron chi connectivity index (χ1n) is 15.2. The van der Waals surface area contributed by atoms with Gasteiger partial charge in [-0.25, -0.2) is 0 Å². The van der Waals surface area contributed by atoms with E-state index in [0.717, 1.165) is 39.0 Å². The van der Waals surface area contributed by atoms with Crippen LogP contribution < -0.4 is 4.90 Å². The number of para-hydroxylation sites is 2. The van der Waals surface area contributed by atoms with Crippen molar-refractivity contribution >= 4 is 70.5 Å². The number of anilines is 3. The molecule has 9 aromatic rings. The second-order valence-electron chi connectivity index (χ2n) is 11.3. The lowest BCUT2D eigenvalue weighted by molar-refractivity contribution is 0.669. The summed E-state index contributed by atoms with van der Waals surface area (Å²) in [5, 5.41) is 4.79. The van der Waals surface area contributed by atoms with Gasteiger partial charge >= 0.3 is 0 Å². The van der Waals surface area contributed by atoms with Gasteiger partial charge < -0.3 is 9.32 Å². The Kier molecular flexibility index (Phi) is 6.03. The number of rotatable bonds is 5. The minimum atomic E-state index is 0.880. The van der Waals surface area contributed by atoms with Gasteiger partial charge in [0.05, 0.1) is 16.1 Å². The Hall–Kier alpha value is -5.64. The Morgan fingerprint density at radius 3 is 1.98 bits per heavy atom. The molecule has 0 N–H and O–H groups in total. The predicted molar refractivity (Wildman–Crippen MR) is 192 cm³/mol. The third-order valence-electron chi connectivity index (χ3n) is 8.67. The van der Waals surface area contributed by atoms with Crippen LogP contribution >= 0.6 is 11.3 Å². The van der Waals surface area contributed by atoms with Crippen LogP contribution in [0.2, 0.25) is 0 Å². The molecule has 0 amide bonds. The van der Waals surface area contributed by atoms with E-state index in [4.69, 9.17) is 4.42 Å². The largest absolute Gasteiger partial charge is 0.454 e. The summed E-state index contributed by atoms with van der Waals surface area (Å²) in [6.45, 7) is 0. The van der Waals surface area contributed by atoms with Crippen LogP contribution in [0.25, 0.3) is 64.4 Å². The Morgan fingerprint density at radius 2 is 1.13 bits per heavy atom. The molecule has 0 fully saturated rings. The predicted octanol–water partition coefficient (Wildman–Crippen LogP) is 12.8. The Balaban J connectivity index is 1.37. The van der Waals surface area contributed by atoms with Gasteiger partial charge in [0, 0.05) is 31.9 Å². The highest BCUT2D eigenvalue weighted by atomic mass is 32.1. The van der Waals surface area contributed by atoms with E-state index in [1.54, 1.807) is 0 Å². The standard InChI is InChI=1S/C42H27NOS/c1-3-13-28(14-4-1)30-17-11-18-31(27-30)43(36-22-12-21-34-33-19-7-9-23-38(33)44-41(34)36)37-26-25-32(29-15-5-2-6-16-29)40-35-20-8-10-24-39(35)45-42(37)40/h1-27H. The number of fused-ring (bicyclic) bond motifs is 6. The topological polar surface area (TPSA) is 16.4 Å². The van der Waals surface area contributed by atoms with E-state index < -0.39 is 0 Å². The summed E-state index contributed by atoms with van der Waals surface area (Å²) >= 11 is 1.85. The van der Waals surface area contributed by atoms with Crippen molar-refractivity contribution in [1.82, 2.24) is 0 Å². The molecule has 2 aromatic heterocycles. The second kappa shape index (κ2) is 10.5. The van der Waals surface area contributed by atoms with E-state index in [1.807, 2.05) is 17.4 Å². The minimum absolute atomic E-state index is 0.880. The molecule has 0 aliphatic heterocycles. The average molecular weight is 594 g/mol. The molecule has 9 rings (SSSR count). The summed E-state index contributed by atoms with van der Waals surface area (Å²) in [5.41, 5.74) is 9.81. The van der Waals surface area contributed by atoms with Gasteiger partial charge in [0.15, 0.2) is 5.58 Å². The van der Waals surface area contributed by atoms with Gasteiger partial charge in [-0.3, -0.25) is 0 Å². The molecule has 7 aromatic carbocycles. The van der Waals surface area contributed by atoms with Crippen molar-refractivity contribution in [3.05, 3.63) is 164 Å². The van der Waals surface area contributed by atoms with E-state index in [-0.39, 0.29) is 0 Å². The second-order valence-corrected chi connectivity index (χ2v) is 12.4. The minimum Gasteiger partial charge on any atom is -0.454 e. The van der Waals surface area contributed by atoms with Gasteiger partial charge in [0.25, 0.3) is 0 Å². The van der Waals surface area contributed by atoms with Gasteiger partial charge in [-0.2, -0.15) is 0 Å². The van der Waals surface area contributed by atoms with E-state index >= 15 is 0 Å². The van der Waals surface area contributed by atoms with Gasteiger partial charge in [0.1, 0.15) is 5.58 Å². The molecule has 0 aliphatic carbocycles. The monoisotopic (exact) mass is 593 g/mol. The van der Waals surface area contributed by atoms with Crippen molar-refractivity contribution in [3.63, 3.8) is 0 Å². The molecule has 0 aliphatic rings. The van der Waals surface area contributed by atoms with Crippen LogP contribution in [0.5, 0.6) is 0 Å². The van der Waals surface area contributed by atoms with E-state index in [2.05, 4.69) is 163 Å². The summed E-state index contributed by atoms with van der Waals surface area (Å²) in [6, 6.07) is 58.3. The summed E-state index contributed by atoms with van der Waals surface area (Å²) in [7, 11) is 0. The quantitative estimate of drug-likeness (QED) is 0.197. The van der Waals surface area contributed by atoms with E-state index in [9.17, 15) is 0 Å². The van der Waals surface area contributed by atoms with Crippen molar-refractivity contribution in [3.8, 4) is 22.3 Å². The molecule has 0 radical (unpaired) electrons. The maximum atomic E-state index is 6.65. The van der Waals surface area contributed by atoms with Crippen LogP contribution in [-0.4, -0.2) is 0 Å². The van der Waals surface area contributed by atoms with Crippen molar-refractivity contribution in [2.45, 2.75) is 0 Å². The van der Waals surface area contributed by atoms with Crippen LogP contribution in [0.1, 0.15) is 0 Å². The zero-order valence-corrected chi connectivity index (χ0v) is 25.2. The van der Waals surface area contributed by atoms with E-state index in [0.29, 0.717) is 0 Å². The fourth-order valence-electron chi connectivity index (χ4n) is 6.62. The third kappa shape index (κ3) is 4.24. The zero-order valence-electron chi connectivity index (χ0n) is 24.4. The van der Waals surface area contributed by atoms with E-state index in [1.165, 1.54) is 42.4 Å². The summed E-state index contributed by atoms with van der Waals surface area (Å²) in [5.74, 6) is 0. The highest BCUT2D eigenvalue weighted by Crippen LogP contribution is 2.50. The highest BCUT2D eigenvalue weighted by Gasteiger charge is 2.24. The average Bonchev–Trinajstić information content (AvgIpc) is 3.69. The zero-order chi connectivity index (χ0) is 29.7. The van der Waals surface area contributed by atoms with Crippen LogP contribution in [0.15, 0.2) is 168 Å². The molecule has 0 unspecified atom stereocenters. The summed E-state index contributed by atoms with van der Waals surface area (Å²) < 4.78 is 9.17. The fourth-order valence-corrected chi connectivity index (χ4v) is 7.85. The smallest absolute Gasteiger partial charge is 0.159 e. The van der Waals surface area contributed by atoms with Crippen LogP contribution in [0, 0.1) is 0 Å². The summed E-state index contributed by atoms with van der Waals surface area (Å²) in [4.78, 5) is 2.39. The maximum absolute atomic E-state index is 6.65. The van der Waals surface area contributed by atoms with Crippen molar-refractivity contribution in [1.29, 1.82) is 0 Å². The first-order valence-corrected chi connectivity index (χ1v) is 16.0. The third-order valence-corrected chi connectivity index (χ3v) is 9.86. The Labute approximate surface area is 265 Å². The van der Waals surface area contributed by atoms with Crippen molar-refractivity contribution in [2.24, 2.45) is 0 Å². The molecule has 0 saturated heterocycles. The molecule has 0 spiro atoms. The lowest BCUT2D eigenvalue weighted by atomic mass is 9.98. The number of furan rings is 1. The molecule has 45 heavy (non-hydrogen) atoms. The molecular weight excluding hydrogens is 567 g/mol. The SMILES string of the molecule is c1ccc(-c2cccc(N(c3cccc4c3oc3ccccc34)c3ccc(-c4ccccc4)c4c3sc3ccccc34)c2)cc1. The number of thiophene rings is 1. The van der Waals surface area contributed by atoms with Gasteiger partial charge in [0.2, 0.25) is 0 Å². The summed E-state index contributed by atoms with van der Waals surface area (Å²) in [6.07, 6.45) is 0. The lowest BCUT2D eigenvalue weighted by Crippen LogP contribution is -2.10. The molecule has 0 saturated carbocycles. The lowest BCUT2D eigenvalue weighted by Gasteiger charge is -2.27.